The minimum Gasteiger partial charge on any atom is -0.481 e. The third kappa shape index (κ3) is 10.7. The Labute approximate surface area is 144 Å². The molecule has 3 amide bonds. The quantitative estimate of drug-likeness (QED) is 0.236. The second kappa shape index (κ2) is 11.0. The van der Waals surface area contributed by atoms with Crippen molar-refractivity contribution in [3.05, 3.63) is 0 Å². The molecule has 0 aromatic heterocycles. The number of hydrogen-bond acceptors (Lipinski definition) is 6. The highest BCUT2D eigenvalue weighted by Gasteiger charge is 2.21. The first-order valence-corrected chi connectivity index (χ1v) is 7.56. The van der Waals surface area contributed by atoms with Gasteiger partial charge in [0.2, 0.25) is 17.7 Å². The van der Waals surface area contributed by atoms with Gasteiger partial charge in [0.25, 0.3) is 0 Å². The van der Waals surface area contributed by atoms with Crippen LogP contribution in [0.1, 0.15) is 26.7 Å². The van der Waals surface area contributed by atoms with Crippen LogP contribution in [0.5, 0.6) is 0 Å². The number of carbonyl (C=O) groups excluding carboxylic acids is 3. The van der Waals surface area contributed by atoms with Crippen LogP contribution in [0.2, 0.25) is 0 Å². The molecule has 0 aliphatic carbocycles. The summed E-state index contributed by atoms with van der Waals surface area (Å²) >= 11 is 0. The van der Waals surface area contributed by atoms with E-state index in [1.165, 1.54) is 0 Å². The third-order valence-electron chi connectivity index (χ3n) is 2.94. The van der Waals surface area contributed by atoms with Gasteiger partial charge in [-0.25, -0.2) is 4.79 Å². The molecule has 0 spiro atoms. The van der Waals surface area contributed by atoms with Gasteiger partial charge in [-0.3, -0.25) is 19.2 Å². The SMILES string of the molecule is CC(C)CC(NC(=O)CNC(=O)CNC(=O)C(N)CC(=O)O)C(=O)O. The van der Waals surface area contributed by atoms with Crippen LogP contribution in [0, 0.1) is 5.92 Å². The molecular formula is C14H24N4O7. The first-order valence-electron chi connectivity index (χ1n) is 7.56. The van der Waals surface area contributed by atoms with Crippen molar-refractivity contribution in [2.24, 2.45) is 11.7 Å². The molecule has 0 aliphatic heterocycles. The van der Waals surface area contributed by atoms with Gasteiger partial charge in [-0.15, -0.1) is 0 Å². The van der Waals surface area contributed by atoms with Gasteiger partial charge < -0.3 is 31.9 Å². The fourth-order valence-corrected chi connectivity index (χ4v) is 1.76. The number of carbonyl (C=O) groups is 5. The van der Waals surface area contributed by atoms with E-state index in [0.717, 1.165) is 0 Å². The maximum absolute atomic E-state index is 11.6. The van der Waals surface area contributed by atoms with Crippen molar-refractivity contribution in [3.8, 4) is 0 Å². The molecule has 2 unspecified atom stereocenters. The average molecular weight is 360 g/mol. The van der Waals surface area contributed by atoms with Crippen LogP contribution >= 0.6 is 0 Å². The van der Waals surface area contributed by atoms with Gasteiger partial charge >= 0.3 is 11.9 Å². The third-order valence-corrected chi connectivity index (χ3v) is 2.94. The number of nitrogens with two attached hydrogens (primary N) is 1. The Bertz CT molecular complexity index is 521. The summed E-state index contributed by atoms with van der Waals surface area (Å²) in [5, 5.41) is 24.1. The molecule has 7 N–H and O–H groups in total. The van der Waals surface area contributed by atoms with Gasteiger partial charge in [0.05, 0.1) is 25.6 Å². The van der Waals surface area contributed by atoms with Crippen LogP contribution in [0.15, 0.2) is 0 Å². The number of carboxylic acid groups (broad SMARTS) is 2. The summed E-state index contributed by atoms with van der Waals surface area (Å²) in [6, 6.07) is -2.35. The summed E-state index contributed by atoms with van der Waals surface area (Å²) in [5.74, 6) is -4.57. The molecule has 0 fully saturated rings. The van der Waals surface area contributed by atoms with Gasteiger partial charge in [0.15, 0.2) is 0 Å². The minimum absolute atomic E-state index is 0.0567. The van der Waals surface area contributed by atoms with Crippen LogP contribution in [0.25, 0.3) is 0 Å². The van der Waals surface area contributed by atoms with E-state index in [1.54, 1.807) is 0 Å². The normalized spacial score (nSPS) is 12.8. The average Bonchev–Trinajstić information content (AvgIpc) is 2.48. The maximum Gasteiger partial charge on any atom is 0.326 e. The lowest BCUT2D eigenvalue weighted by molar-refractivity contribution is -0.142. The van der Waals surface area contributed by atoms with E-state index < -0.39 is 61.3 Å². The standard InChI is InChI=1S/C14H24N4O7/c1-7(2)3-9(14(24)25)18-11(20)6-16-10(19)5-17-13(23)8(15)4-12(21)22/h7-9H,3-6,15H2,1-2H3,(H,16,19)(H,17,23)(H,18,20)(H,21,22)(H,24,25). The molecule has 2 atom stereocenters. The Morgan fingerprint density at radius 1 is 0.960 bits per heavy atom. The molecule has 0 aliphatic rings. The molecule has 0 saturated heterocycles. The van der Waals surface area contributed by atoms with E-state index in [2.05, 4.69) is 16.0 Å². The summed E-state index contributed by atoms with van der Waals surface area (Å²) in [6.45, 7) is 2.66. The van der Waals surface area contributed by atoms with Crippen LogP contribution < -0.4 is 21.7 Å². The predicted octanol–water partition coefficient (Wildman–Crippen LogP) is -2.36. The molecule has 0 aromatic rings. The summed E-state index contributed by atoms with van der Waals surface area (Å²) < 4.78 is 0. The Hall–Kier alpha value is -2.69. The second-order valence-electron chi connectivity index (χ2n) is 5.79. The van der Waals surface area contributed by atoms with Crippen LogP contribution in [0.3, 0.4) is 0 Å². The Kier molecular flexibility index (Phi) is 9.79. The van der Waals surface area contributed by atoms with Crippen LogP contribution in [0.4, 0.5) is 0 Å². The van der Waals surface area contributed by atoms with Gasteiger partial charge in [-0.2, -0.15) is 0 Å². The predicted molar refractivity (Wildman–Crippen MR) is 85.3 cm³/mol. The maximum atomic E-state index is 11.6. The van der Waals surface area contributed by atoms with Crippen molar-refractivity contribution in [1.82, 2.24) is 16.0 Å². The first-order chi connectivity index (χ1) is 11.5. The molecule has 0 bridgehead atoms. The number of carboxylic acids is 2. The highest BCUT2D eigenvalue weighted by atomic mass is 16.4. The molecule has 11 heteroatoms. The molecule has 142 valence electrons. The molecule has 0 heterocycles. The Balaban J connectivity index is 4.19. The Morgan fingerprint density at radius 3 is 2.00 bits per heavy atom. The molecule has 0 rings (SSSR count). The number of nitrogens with one attached hydrogen (secondary N) is 3. The zero-order chi connectivity index (χ0) is 19.6. The lowest BCUT2D eigenvalue weighted by atomic mass is 10.0. The van der Waals surface area contributed by atoms with E-state index in [1.807, 2.05) is 13.8 Å². The fourth-order valence-electron chi connectivity index (χ4n) is 1.76. The number of hydrogen-bond donors (Lipinski definition) is 6. The second-order valence-corrected chi connectivity index (χ2v) is 5.79. The largest absolute Gasteiger partial charge is 0.481 e. The van der Waals surface area contributed by atoms with Gasteiger partial charge in [0.1, 0.15) is 6.04 Å². The molecule has 0 aromatic carbocycles. The van der Waals surface area contributed by atoms with Crippen molar-refractivity contribution >= 4 is 29.7 Å². The van der Waals surface area contributed by atoms with Gasteiger partial charge in [0, 0.05) is 0 Å². The van der Waals surface area contributed by atoms with Crippen molar-refractivity contribution in [1.29, 1.82) is 0 Å². The highest BCUT2D eigenvalue weighted by Crippen LogP contribution is 2.04. The van der Waals surface area contributed by atoms with Crippen molar-refractivity contribution in [3.63, 3.8) is 0 Å². The summed E-state index contributed by atoms with van der Waals surface area (Å²) in [6.07, 6.45) is -0.338. The fraction of sp³-hybridized carbons (Fsp3) is 0.643. The van der Waals surface area contributed by atoms with Crippen molar-refractivity contribution in [2.75, 3.05) is 13.1 Å². The lowest BCUT2D eigenvalue weighted by Crippen LogP contribution is -2.49. The molecular weight excluding hydrogens is 336 g/mol. The molecule has 0 saturated carbocycles. The smallest absolute Gasteiger partial charge is 0.326 e. The zero-order valence-corrected chi connectivity index (χ0v) is 14.1. The van der Waals surface area contributed by atoms with Crippen LogP contribution in [-0.4, -0.2) is 65.0 Å². The summed E-state index contributed by atoms with van der Waals surface area (Å²) in [7, 11) is 0. The summed E-state index contributed by atoms with van der Waals surface area (Å²) in [5.41, 5.74) is 5.31. The first kappa shape index (κ1) is 22.3. The number of amides is 3. The monoisotopic (exact) mass is 360 g/mol. The number of aliphatic carboxylic acids is 2. The number of rotatable bonds is 11. The van der Waals surface area contributed by atoms with Crippen molar-refractivity contribution in [2.45, 2.75) is 38.8 Å². The van der Waals surface area contributed by atoms with E-state index in [4.69, 9.17) is 15.9 Å². The van der Waals surface area contributed by atoms with E-state index >= 15 is 0 Å². The molecule has 11 nitrogen and oxygen atoms in total. The topological polar surface area (TPSA) is 188 Å². The van der Waals surface area contributed by atoms with Gasteiger partial charge in [-0.1, -0.05) is 13.8 Å². The highest BCUT2D eigenvalue weighted by molar-refractivity contribution is 5.91. The zero-order valence-electron chi connectivity index (χ0n) is 14.1. The Morgan fingerprint density at radius 2 is 1.52 bits per heavy atom. The minimum atomic E-state index is -1.29. The lowest BCUT2D eigenvalue weighted by Gasteiger charge is -2.16. The molecule has 25 heavy (non-hydrogen) atoms. The summed E-state index contributed by atoms with van der Waals surface area (Å²) in [4.78, 5) is 56.0. The van der Waals surface area contributed by atoms with E-state index in [-0.39, 0.29) is 12.3 Å². The van der Waals surface area contributed by atoms with Gasteiger partial charge in [-0.05, 0) is 12.3 Å². The van der Waals surface area contributed by atoms with Crippen molar-refractivity contribution < 1.29 is 34.2 Å². The van der Waals surface area contributed by atoms with E-state index in [9.17, 15) is 24.0 Å². The molecule has 0 radical (unpaired) electrons. The van der Waals surface area contributed by atoms with E-state index in [0.29, 0.717) is 0 Å². The van der Waals surface area contributed by atoms with Crippen LogP contribution in [-0.2, 0) is 24.0 Å².